The Balaban J connectivity index is 1.47. The van der Waals surface area contributed by atoms with Crippen molar-refractivity contribution in [3.8, 4) is 17.1 Å². The predicted octanol–water partition coefficient (Wildman–Crippen LogP) is 2.82. The normalized spacial score (nSPS) is 14.6. The zero-order valence-corrected chi connectivity index (χ0v) is 19.7. The van der Waals surface area contributed by atoms with Crippen LogP contribution in [-0.2, 0) is 26.1 Å². The van der Waals surface area contributed by atoms with Gasteiger partial charge in [-0.15, -0.1) is 0 Å². The highest BCUT2D eigenvalue weighted by atomic mass is 32.2. The number of hydrogen-bond acceptors (Lipinski definition) is 9. The fraction of sp³-hybridized carbons (Fsp3) is 0.348. The van der Waals surface area contributed by atoms with Crippen LogP contribution in [0.2, 0.25) is 0 Å². The maximum atomic E-state index is 13.0. The summed E-state index contributed by atoms with van der Waals surface area (Å²) < 4.78 is 48.8. The molecule has 4 rings (SSSR count). The van der Waals surface area contributed by atoms with E-state index < -0.39 is 16.0 Å². The molecule has 0 unspecified atom stereocenters. The molecule has 1 fully saturated rings. The van der Waals surface area contributed by atoms with Crippen molar-refractivity contribution in [2.45, 2.75) is 25.3 Å². The third-order valence-corrected chi connectivity index (χ3v) is 7.27. The molecule has 10 nitrogen and oxygen atoms in total. The van der Waals surface area contributed by atoms with Gasteiger partial charge >= 0.3 is 5.97 Å². The number of ether oxygens (including phenoxy) is 3. The summed E-state index contributed by atoms with van der Waals surface area (Å²) in [5, 5.41) is 3.94. The lowest BCUT2D eigenvalue weighted by molar-refractivity contribution is 0.0429. The molecule has 1 aliphatic heterocycles. The number of morpholine rings is 1. The third kappa shape index (κ3) is 5.11. The largest absolute Gasteiger partial charge is 0.493 e. The van der Waals surface area contributed by atoms with Gasteiger partial charge in [0.05, 0.1) is 35.8 Å². The monoisotopic (exact) mass is 487 g/mol. The molecule has 0 radical (unpaired) electrons. The van der Waals surface area contributed by atoms with Gasteiger partial charge in [0.15, 0.2) is 6.61 Å². The average Bonchev–Trinajstić information content (AvgIpc) is 3.33. The van der Waals surface area contributed by atoms with Crippen LogP contribution < -0.4 is 4.74 Å². The quantitative estimate of drug-likeness (QED) is 0.442. The molecule has 0 amide bonds. The van der Waals surface area contributed by atoms with E-state index in [1.165, 1.54) is 16.4 Å². The Labute approximate surface area is 197 Å². The molecular weight excluding hydrogens is 462 g/mol. The van der Waals surface area contributed by atoms with E-state index in [4.69, 9.17) is 18.7 Å². The highest BCUT2D eigenvalue weighted by molar-refractivity contribution is 7.89. The summed E-state index contributed by atoms with van der Waals surface area (Å²) in [5.41, 5.74) is 1.30. The fourth-order valence-electron chi connectivity index (χ4n) is 3.50. The summed E-state index contributed by atoms with van der Waals surface area (Å²) in [5.74, 6) is 0.322. The number of aromatic nitrogens is 2. The second kappa shape index (κ2) is 10.3. The van der Waals surface area contributed by atoms with E-state index >= 15 is 0 Å². The van der Waals surface area contributed by atoms with Crippen LogP contribution in [0.1, 0.15) is 28.7 Å². The molecular formula is C23H25N3O7S. The molecule has 34 heavy (non-hydrogen) atoms. The van der Waals surface area contributed by atoms with Gasteiger partial charge in [-0.2, -0.15) is 9.29 Å². The predicted molar refractivity (Wildman–Crippen MR) is 121 cm³/mol. The number of hydrogen-bond donors (Lipinski definition) is 0. The summed E-state index contributed by atoms with van der Waals surface area (Å²) in [6, 6.07) is 11.7. The summed E-state index contributed by atoms with van der Waals surface area (Å²) in [6.07, 6.45) is 0. The number of benzene rings is 2. The minimum absolute atomic E-state index is 0.0662. The van der Waals surface area contributed by atoms with E-state index in [1.54, 1.807) is 25.1 Å². The first kappa shape index (κ1) is 23.9. The summed E-state index contributed by atoms with van der Waals surface area (Å²) in [6.45, 7) is 4.98. The Morgan fingerprint density at radius 3 is 2.68 bits per heavy atom. The lowest BCUT2D eigenvalue weighted by Crippen LogP contribution is -2.40. The van der Waals surface area contributed by atoms with Crippen LogP contribution in [0.15, 0.2) is 51.9 Å². The first-order chi connectivity index (χ1) is 16.4. The molecule has 2 aromatic carbocycles. The molecule has 11 heteroatoms. The third-order valence-electron chi connectivity index (χ3n) is 5.23. The molecule has 0 bridgehead atoms. The van der Waals surface area contributed by atoms with Gasteiger partial charge in [-0.1, -0.05) is 23.4 Å². The molecule has 1 aliphatic rings. The van der Waals surface area contributed by atoms with Crippen LogP contribution in [0.5, 0.6) is 5.75 Å². The maximum Gasteiger partial charge on any atom is 0.338 e. The number of aryl methyl sites for hydroxylation is 1. The molecule has 3 aromatic rings. The zero-order valence-electron chi connectivity index (χ0n) is 18.9. The SMILES string of the molecule is CCOc1ccccc1-c1noc(COC(=O)c2ccc(C)c(S(=O)(=O)N3CCOCC3)c2)n1. The smallest absolute Gasteiger partial charge is 0.338 e. The second-order valence-electron chi connectivity index (χ2n) is 7.51. The van der Waals surface area contributed by atoms with E-state index in [0.717, 1.165) is 0 Å². The Bertz CT molecular complexity index is 1270. The van der Waals surface area contributed by atoms with Crippen molar-refractivity contribution >= 4 is 16.0 Å². The first-order valence-electron chi connectivity index (χ1n) is 10.8. The van der Waals surface area contributed by atoms with Crippen molar-refractivity contribution in [2.75, 3.05) is 32.9 Å². The molecule has 0 N–H and O–H groups in total. The summed E-state index contributed by atoms with van der Waals surface area (Å²) in [4.78, 5) is 17.0. The molecule has 2 heterocycles. The number of para-hydroxylation sites is 1. The molecule has 0 aliphatic carbocycles. The number of nitrogens with zero attached hydrogens (tertiary/aromatic N) is 3. The molecule has 1 aromatic heterocycles. The first-order valence-corrected chi connectivity index (χ1v) is 12.2. The lowest BCUT2D eigenvalue weighted by Gasteiger charge is -2.26. The van der Waals surface area contributed by atoms with Crippen LogP contribution in [0.25, 0.3) is 11.4 Å². The van der Waals surface area contributed by atoms with E-state index in [0.29, 0.717) is 42.5 Å². The Morgan fingerprint density at radius 2 is 1.91 bits per heavy atom. The van der Waals surface area contributed by atoms with E-state index in [2.05, 4.69) is 10.1 Å². The summed E-state index contributed by atoms with van der Waals surface area (Å²) >= 11 is 0. The van der Waals surface area contributed by atoms with Crippen LogP contribution in [-0.4, -0.2) is 61.7 Å². The Kier molecular flexibility index (Phi) is 7.25. The van der Waals surface area contributed by atoms with Gasteiger partial charge in [0.2, 0.25) is 15.8 Å². The van der Waals surface area contributed by atoms with Crippen LogP contribution in [0, 0.1) is 6.92 Å². The van der Waals surface area contributed by atoms with Crippen molar-refractivity contribution in [3.63, 3.8) is 0 Å². The van der Waals surface area contributed by atoms with Gasteiger partial charge in [-0.05, 0) is 43.7 Å². The van der Waals surface area contributed by atoms with Crippen molar-refractivity contribution in [1.29, 1.82) is 0 Å². The van der Waals surface area contributed by atoms with Crippen LogP contribution in [0.3, 0.4) is 0 Å². The van der Waals surface area contributed by atoms with Crippen LogP contribution in [0.4, 0.5) is 0 Å². The van der Waals surface area contributed by atoms with Gasteiger partial charge in [-0.25, -0.2) is 13.2 Å². The number of carbonyl (C=O) groups is 1. The van der Waals surface area contributed by atoms with Gasteiger partial charge in [-0.3, -0.25) is 0 Å². The molecule has 0 saturated carbocycles. The average molecular weight is 488 g/mol. The summed E-state index contributed by atoms with van der Waals surface area (Å²) in [7, 11) is -3.76. The Hall–Kier alpha value is -3.28. The fourth-order valence-corrected chi connectivity index (χ4v) is 5.16. The number of sulfonamides is 1. The van der Waals surface area contributed by atoms with Gasteiger partial charge in [0.25, 0.3) is 5.89 Å². The van der Waals surface area contributed by atoms with E-state index in [-0.39, 0.29) is 36.0 Å². The van der Waals surface area contributed by atoms with E-state index in [9.17, 15) is 13.2 Å². The highest BCUT2D eigenvalue weighted by Gasteiger charge is 2.28. The molecule has 180 valence electrons. The second-order valence-corrected chi connectivity index (χ2v) is 9.42. The highest BCUT2D eigenvalue weighted by Crippen LogP contribution is 2.28. The van der Waals surface area contributed by atoms with E-state index in [1.807, 2.05) is 19.1 Å². The molecule has 0 atom stereocenters. The minimum atomic E-state index is -3.76. The number of rotatable bonds is 8. The van der Waals surface area contributed by atoms with Gasteiger partial charge in [0, 0.05) is 13.1 Å². The number of esters is 1. The van der Waals surface area contributed by atoms with Crippen molar-refractivity contribution < 1.29 is 31.9 Å². The maximum absolute atomic E-state index is 13.0. The topological polar surface area (TPSA) is 121 Å². The van der Waals surface area contributed by atoms with Crippen molar-refractivity contribution in [3.05, 3.63) is 59.5 Å². The minimum Gasteiger partial charge on any atom is -0.493 e. The Morgan fingerprint density at radius 1 is 1.15 bits per heavy atom. The van der Waals surface area contributed by atoms with Crippen molar-refractivity contribution in [1.82, 2.24) is 14.4 Å². The van der Waals surface area contributed by atoms with Crippen molar-refractivity contribution in [2.24, 2.45) is 0 Å². The van der Waals surface area contributed by atoms with Crippen LogP contribution >= 0.6 is 0 Å². The van der Waals surface area contributed by atoms with Gasteiger partial charge in [0.1, 0.15) is 5.75 Å². The lowest BCUT2D eigenvalue weighted by atomic mass is 10.1. The zero-order chi connectivity index (χ0) is 24.1. The molecule has 0 spiro atoms. The number of carbonyl (C=O) groups excluding carboxylic acids is 1. The molecule has 1 saturated heterocycles. The standard InChI is InChI=1S/C23H25N3O7S/c1-3-31-19-7-5-4-6-18(19)22-24-21(33-25-22)15-32-23(27)17-9-8-16(2)20(14-17)34(28,29)26-10-12-30-13-11-26/h4-9,14H,3,10-13,15H2,1-2H3. The van der Waals surface area contributed by atoms with Gasteiger partial charge < -0.3 is 18.7 Å².